The monoisotopic (exact) mass is 273 g/mol. The van der Waals surface area contributed by atoms with Crippen molar-refractivity contribution in [1.82, 2.24) is 5.32 Å². The highest BCUT2D eigenvalue weighted by Crippen LogP contribution is 2.12. The summed E-state index contributed by atoms with van der Waals surface area (Å²) in [6, 6.07) is 5.82. The Hall–Kier alpha value is -1.79. The van der Waals surface area contributed by atoms with Gasteiger partial charge in [0.25, 0.3) is 5.91 Å². The number of amides is 1. The molecular formula is C17H23NO2. The van der Waals surface area contributed by atoms with Crippen LogP contribution in [0, 0.1) is 18.8 Å². The molecule has 0 aliphatic heterocycles. The highest BCUT2D eigenvalue weighted by atomic mass is 16.2. The Balaban J connectivity index is 2.94. The lowest BCUT2D eigenvalue weighted by Gasteiger charge is -2.14. The number of aliphatic hydroxyl groups is 1. The molecule has 3 nitrogen and oxygen atoms in total. The van der Waals surface area contributed by atoms with E-state index in [-0.39, 0.29) is 18.6 Å². The minimum Gasteiger partial charge on any atom is -0.395 e. The number of rotatable bonds is 5. The molecule has 1 aromatic carbocycles. The van der Waals surface area contributed by atoms with E-state index in [1.807, 2.05) is 32.0 Å². The molecule has 2 N–H and O–H groups in total. The Kier molecular flexibility index (Phi) is 6.83. The van der Waals surface area contributed by atoms with Gasteiger partial charge in [-0.15, -0.1) is 0 Å². The average Bonchev–Trinajstić information content (AvgIpc) is 2.40. The van der Waals surface area contributed by atoms with Gasteiger partial charge in [0.15, 0.2) is 0 Å². The second kappa shape index (κ2) is 8.39. The molecule has 1 atom stereocenters. The van der Waals surface area contributed by atoms with E-state index < -0.39 is 0 Å². The molecule has 0 radical (unpaired) electrons. The maximum atomic E-state index is 12.3. The number of aryl methyl sites for hydroxylation is 1. The summed E-state index contributed by atoms with van der Waals surface area (Å²) >= 11 is 0. The summed E-state index contributed by atoms with van der Waals surface area (Å²) in [6.07, 6.45) is 2.42. The molecule has 3 heteroatoms. The van der Waals surface area contributed by atoms with Crippen molar-refractivity contribution in [2.75, 3.05) is 6.61 Å². The summed E-state index contributed by atoms with van der Waals surface area (Å²) in [5, 5.41) is 11.8. The first kappa shape index (κ1) is 16.3. The van der Waals surface area contributed by atoms with Crippen LogP contribution >= 0.6 is 0 Å². The topological polar surface area (TPSA) is 49.3 Å². The van der Waals surface area contributed by atoms with Crippen LogP contribution in [0.15, 0.2) is 18.2 Å². The van der Waals surface area contributed by atoms with Crippen molar-refractivity contribution >= 4 is 5.91 Å². The lowest BCUT2D eigenvalue weighted by atomic mass is 10.0. The van der Waals surface area contributed by atoms with Crippen LogP contribution in [0.3, 0.4) is 0 Å². The van der Waals surface area contributed by atoms with Crippen molar-refractivity contribution in [3.63, 3.8) is 0 Å². The highest BCUT2D eigenvalue weighted by molar-refractivity contribution is 5.97. The molecule has 108 valence electrons. The highest BCUT2D eigenvalue weighted by Gasteiger charge is 2.12. The van der Waals surface area contributed by atoms with Crippen molar-refractivity contribution in [1.29, 1.82) is 0 Å². The summed E-state index contributed by atoms with van der Waals surface area (Å²) in [6.45, 7) is 6.10. The van der Waals surface area contributed by atoms with E-state index in [1.54, 1.807) is 0 Å². The Morgan fingerprint density at radius 3 is 2.85 bits per heavy atom. The van der Waals surface area contributed by atoms with E-state index >= 15 is 0 Å². The van der Waals surface area contributed by atoms with Gasteiger partial charge in [-0.2, -0.15) is 0 Å². The second-order valence-corrected chi connectivity index (χ2v) is 4.99. The molecule has 1 rings (SSSR count). The SMILES string of the molecule is CCCC(C)NC(=O)c1cc(C)ccc1C#CCCO. The van der Waals surface area contributed by atoms with Crippen molar-refractivity contribution in [2.24, 2.45) is 0 Å². The smallest absolute Gasteiger partial charge is 0.252 e. The molecule has 1 unspecified atom stereocenters. The van der Waals surface area contributed by atoms with Gasteiger partial charge in [-0.1, -0.05) is 36.8 Å². The zero-order chi connectivity index (χ0) is 15.0. The van der Waals surface area contributed by atoms with Crippen LogP contribution in [0.5, 0.6) is 0 Å². The minimum atomic E-state index is -0.0806. The molecule has 0 aromatic heterocycles. The average molecular weight is 273 g/mol. The van der Waals surface area contributed by atoms with Crippen LogP contribution in [0.2, 0.25) is 0 Å². The third-order valence-corrected chi connectivity index (χ3v) is 2.98. The summed E-state index contributed by atoms with van der Waals surface area (Å²) in [7, 11) is 0. The maximum Gasteiger partial charge on any atom is 0.252 e. The number of hydrogen-bond donors (Lipinski definition) is 2. The predicted octanol–water partition coefficient (Wildman–Crippen LogP) is 2.65. The summed E-state index contributed by atoms with van der Waals surface area (Å²) < 4.78 is 0. The molecule has 0 heterocycles. The Morgan fingerprint density at radius 1 is 1.45 bits per heavy atom. The van der Waals surface area contributed by atoms with E-state index in [0.29, 0.717) is 17.5 Å². The first-order valence-corrected chi connectivity index (χ1v) is 7.09. The van der Waals surface area contributed by atoms with Gasteiger partial charge in [0, 0.05) is 18.0 Å². The van der Waals surface area contributed by atoms with Gasteiger partial charge < -0.3 is 10.4 Å². The van der Waals surface area contributed by atoms with Crippen molar-refractivity contribution in [3.05, 3.63) is 34.9 Å². The Morgan fingerprint density at radius 2 is 2.20 bits per heavy atom. The van der Waals surface area contributed by atoms with Crippen LogP contribution in [0.25, 0.3) is 0 Å². The van der Waals surface area contributed by atoms with Gasteiger partial charge in [-0.3, -0.25) is 4.79 Å². The van der Waals surface area contributed by atoms with Crippen molar-refractivity contribution < 1.29 is 9.90 Å². The molecule has 0 aliphatic rings. The third kappa shape index (κ3) is 5.07. The normalized spacial score (nSPS) is 11.4. The molecular weight excluding hydrogens is 250 g/mol. The molecule has 0 fully saturated rings. The van der Waals surface area contributed by atoms with Crippen LogP contribution in [0.4, 0.5) is 0 Å². The fourth-order valence-electron chi connectivity index (χ4n) is 1.98. The minimum absolute atomic E-state index is 0.0356. The van der Waals surface area contributed by atoms with Crippen molar-refractivity contribution in [2.45, 2.75) is 46.1 Å². The number of carbonyl (C=O) groups excluding carboxylic acids is 1. The third-order valence-electron chi connectivity index (χ3n) is 2.98. The van der Waals surface area contributed by atoms with Crippen LogP contribution in [0.1, 0.15) is 54.6 Å². The number of hydrogen-bond acceptors (Lipinski definition) is 2. The van der Waals surface area contributed by atoms with Crippen molar-refractivity contribution in [3.8, 4) is 11.8 Å². The fraction of sp³-hybridized carbons (Fsp3) is 0.471. The van der Waals surface area contributed by atoms with Crippen LogP contribution < -0.4 is 5.32 Å². The van der Waals surface area contributed by atoms with Gasteiger partial charge >= 0.3 is 0 Å². The van der Waals surface area contributed by atoms with Gasteiger partial charge in [-0.25, -0.2) is 0 Å². The lowest BCUT2D eigenvalue weighted by Crippen LogP contribution is -2.32. The summed E-state index contributed by atoms with van der Waals surface area (Å²) in [5.41, 5.74) is 2.36. The van der Waals surface area contributed by atoms with E-state index in [0.717, 1.165) is 18.4 Å². The number of carbonyl (C=O) groups is 1. The lowest BCUT2D eigenvalue weighted by molar-refractivity contribution is 0.0938. The summed E-state index contributed by atoms with van der Waals surface area (Å²) in [5.74, 6) is 5.74. The van der Waals surface area contributed by atoms with Crippen LogP contribution in [-0.4, -0.2) is 23.7 Å². The Labute approximate surface area is 121 Å². The number of benzene rings is 1. The molecule has 0 saturated heterocycles. The van der Waals surface area contributed by atoms with Gasteiger partial charge in [0.1, 0.15) is 0 Å². The molecule has 1 amide bonds. The molecule has 0 bridgehead atoms. The van der Waals surface area contributed by atoms with E-state index in [4.69, 9.17) is 5.11 Å². The van der Waals surface area contributed by atoms with Crippen LogP contribution in [-0.2, 0) is 0 Å². The van der Waals surface area contributed by atoms with Gasteiger partial charge in [-0.05, 0) is 32.4 Å². The molecule has 1 aromatic rings. The predicted molar refractivity (Wildman–Crippen MR) is 81.6 cm³/mol. The molecule has 0 saturated carbocycles. The number of aliphatic hydroxyl groups excluding tert-OH is 1. The maximum absolute atomic E-state index is 12.3. The van der Waals surface area contributed by atoms with Gasteiger partial charge in [0.2, 0.25) is 0 Å². The molecule has 0 spiro atoms. The molecule has 20 heavy (non-hydrogen) atoms. The zero-order valence-electron chi connectivity index (χ0n) is 12.5. The van der Waals surface area contributed by atoms with Gasteiger partial charge in [0.05, 0.1) is 12.2 Å². The quantitative estimate of drug-likeness (QED) is 0.810. The standard InChI is InChI=1S/C17H23NO2/c1-4-7-14(3)18-17(20)16-12-13(2)9-10-15(16)8-5-6-11-19/h9-10,12,14,19H,4,6-7,11H2,1-3H3,(H,18,20). The summed E-state index contributed by atoms with van der Waals surface area (Å²) in [4.78, 5) is 12.3. The van der Waals surface area contributed by atoms with E-state index in [9.17, 15) is 4.79 Å². The fourth-order valence-corrected chi connectivity index (χ4v) is 1.98. The first-order chi connectivity index (χ1) is 9.58. The number of nitrogens with one attached hydrogen (secondary N) is 1. The first-order valence-electron chi connectivity index (χ1n) is 7.09. The molecule has 0 aliphatic carbocycles. The second-order valence-electron chi connectivity index (χ2n) is 4.99. The Bertz CT molecular complexity index is 511. The van der Waals surface area contributed by atoms with E-state index in [2.05, 4.69) is 24.1 Å². The largest absolute Gasteiger partial charge is 0.395 e. The van der Waals surface area contributed by atoms with E-state index in [1.165, 1.54) is 0 Å². The zero-order valence-corrected chi connectivity index (χ0v) is 12.5.